The Kier molecular flexibility index (Phi) is 3.91. The molecule has 1 aromatic carbocycles. The van der Waals surface area contributed by atoms with Crippen LogP contribution in [0.1, 0.15) is 18.9 Å². The van der Waals surface area contributed by atoms with Crippen molar-refractivity contribution in [1.29, 1.82) is 0 Å². The van der Waals surface area contributed by atoms with Crippen LogP contribution in [0, 0.1) is 6.92 Å². The molecule has 78 valence electrons. The van der Waals surface area contributed by atoms with Crippen molar-refractivity contribution in [3.63, 3.8) is 0 Å². The standard InChI is InChI=1S/C11H17O2P/c1-4-9-14(12,13-3)11-8-6-5-7-10(11)2/h5-8H,4,9H2,1-3H3. The number of rotatable bonds is 4. The van der Waals surface area contributed by atoms with Gasteiger partial charge in [-0.1, -0.05) is 25.1 Å². The Morgan fingerprint density at radius 1 is 1.36 bits per heavy atom. The Balaban J connectivity index is 3.13. The topological polar surface area (TPSA) is 26.3 Å². The molecule has 1 unspecified atom stereocenters. The van der Waals surface area contributed by atoms with Gasteiger partial charge in [0.05, 0.1) is 0 Å². The zero-order valence-corrected chi connectivity index (χ0v) is 9.88. The lowest BCUT2D eigenvalue weighted by Gasteiger charge is -2.17. The van der Waals surface area contributed by atoms with E-state index in [1.165, 1.54) is 7.11 Å². The van der Waals surface area contributed by atoms with Gasteiger partial charge in [0, 0.05) is 18.6 Å². The number of hydrogen-bond donors (Lipinski definition) is 0. The second kappa shape index (κ2) is 4.77. The van der Waals surface area contributed by atoms with E-state index in [-0.39, 0.29) is 0 Å². The van der Waals surface area contributed by atoms with E-state index >= 15 is 0 Å². The third-order valence-electron chi connectivity index (χ3n) is 2.30. The second-order valence-corrected chi connectivity index (χ2v) is 6.01. The maximum absolute atomic E-state index is 12.4. The molecule has 0 aliphatic rings. The summed E-state index contributed by atoms with van der Waals surface area (Å²) in [5, 5.41) is 0.865. The quantitative estimate of drug-likeness (QED) is 0.717. The van der Waals surface area contributed by atoms with Crippen LogP contribution in [0.25, 0.3) is 0 Å². The highest BCUT2D eigenvalue weighted by Crippen LogP contribution is 2.45. The fourth-order valence-corrected chi connectivity index (χ4v) is 3.68. The molecule has 0 aliphatic carbocycles. The number of hydrogen-bond acceptors (Lipinski definition) is 2. The van der Waals surface area contributed by atoms with Crippen LogP contribution in [0.4, 0.5) is 0 Å². The van der Waals surface area contributed by atoms with Crippen molar-refractivity contribution < 1.29 is 9.09 Å². The van der Waals surface area contributed by atoms with Gasteiger partial charge in [0.15, 0.2) is 0 Å². The van der Waals surface area contributed by atoms with Crippen LogP contribution in [-0.4, -0.2) is 13.3 Å². The fraction of sp³-hybridized carbons (Fsp3) is 0.455. The van der Waals surface area contributed by atoms with E-state index in [1.54, 1.807) is 0 Å². The molecule has 1 atom stereocenters. The SMILES string of the molecule is CCCP(=O)(OC)c1ccccc1C. The lowest BCUT2D eigenvalue weighted by Crippen LogP contribution is -2.12. The van der Waals surface area contributed by atoms with Crippen molar-refractivity contribution in [3.05, 3.63) is 29.8 Å². The molecule has 0 amide bonds. The van der Waals surface area contributed by atoms with Crippen LogP contribution in [-0.2, 0) is 9.09 Å². The van der Waals surface area contributed by atoms with Gasteiger partial charge < -0.3 is 4.52 Å². The molecule has 0 saturated heterocycles. The Morgan fingerprint density at radius 2 is 2.00 bits per heavy atom. The molecular formula is C11H17O2P. The van der Waals surface area contributed by atoms with E-state index in [1.807, 2.05) is 38.1 Å². The third kappa shape index (κ3) is 2.26. The largest absolute Gasteiger partial charge is 0.329 e. The summed E-state index contributed by atoms with van der Waals surface area (Å²) in [4.78, 5) is 0. The van der Waals surface area contributed by atoms with E-state index in [2.05, 4.69) is 0 Å². The highest BCUT2D eigenvalue weighted by Gasteiger charge is 2.24. The first-order chi connectivity index (χ1) is 6.64. The molecule has 1 rings (SSSR count). The highest BCUT2D eigenvalue weighted by molar-refractivity contribution is 7.67. The summed E-state index contributed by atoms with van der Waals surface area (Å²) in [6.07, 6.45) is 1.49. The van der Waals surface area contributed by atoms with Gasteiger partial charge in [-0.2, -0.15) is 0 Å². The predicted octanol–water partition coefficient (Wildman–Crippen LogP) is 2.95. The Bertz CT molecular complexity index is 347. The summed E-state index contributed by atoms with van der Waals surface area (Å²) < 4.78 is 17.6. The summed E-state index contributed by atoms with van der Waals surface area (Å²) in [6.45, 7) is 3.99. The van der Waals surface area contributed by atoms with Gasteiger partial charge in [0.2, 0.25) is 7.37 Å². The minimum absolute atomic E-state index is 0.619. The van der Waals surface area contributed by atoms with Crippen molar-refractivity contribution in [2.75, 3.05) is 13.3 Å². The van der Waals surface area contributed by atoms with E-state index in [0.29, 0.717) is 6.16 Å². The molecule has 0 heterocycles. The molecule has 0 fully saturated rings. The van der Waals surface area contributed by atoms with E-state index in [4.69, 9.17) is 4.52 Å². The van der Waals surface area contributed by atoms with E-state index in [9.17, 15) is 4.57 Å². The van der Waals surface area contributed by atoms with Crippen molar-refractivity contribution in [2.24, 2.45) is 0 Å². The van der Waals surface area contributed by atoms with Crippen LogP contribution < -0.4 is 5.30 Å². The van der Waals surface area contributed by atoms with Crippen LogP contribution >= 0.6 is 7.37 Å². The first-order valence-electron chi connectivity index (χ1n) is 4.85. The van der Waals surface area contributed by atoms with Gasteiger partial charge in [-0.05, 0) is 25.0 Å². The average Bonchev–Trinajstić information content (AvgIpc) is 2.18. The molecule has 0 bridgehead atoms. The van der Waals surface area contributed by atoms with Crippen molar-refractivity contribution in [3.8, 4) is 0 Å². The first-order valence-corrected chi connectivity index (χ1v) is 6.66. The molecule has 2 nitrogen and oxygen atoms in total. The van der Waals surface area contributed by atoms with Crippen LogP contribution in [0.3, 0.4) is 0 Å². The third-order valence-corrected chi connectivity index (χ3v) is 5.16. The van der Waals surface area contributed by atoms with Gasteiger partial charge in [-0.25, -0.2) is 0 Å². The highest BCUT2D eigenvalue weighted by atomic mass is 31.2. The van der Waals surface area contributed by atoms with Gasteiger partial charge in [0.1, 0.15) is 0 Å². The summed E-state index contributed by atoms with van der Waals surface area (Å²) in [7, 11) is -1.06. The lowest BCUT2D eigenvalue weighted by molar-refractivity contribution is 0.402. The minimum Gasteiger partial charge on any atom is -0.329 e. The lowest BCUT2D eigenvalue weighted by atomic mass is 10.2. The van der Waals surface area contributed by atoms with Gasteiger partial charge in [0.25, 0.3) is 0 Å². The zero-order chi connectivity index (χ0) is 10.6. The maximum Gasteiger partial charge on any atom is 0.232 e. The normalized spacial score (nSPS) is 15.1. The maximum atomic E-state index is 12.4. The zero-order valence-electron chi connectivity index (χ0n) is 8.99. The molecule has 0 aliphatic heterocycles. The molecular weight excluding hydrogens is 195 g/mol. The molecule has 3 heteroatoms. The van der Waals surface area contributed by atoms with Gasteiger partial charge >= 0.3 is 0 Å². The van der Waals surface area contributed by atoms with Crippen molar-refractivity contribution in [1.82, 2.24) is 0 Å². The minimum atomic E-state index is -2.59. The molecule has 14 heavy (non-hydrogen) atoms. The Morgan fingerprint density at radius 3 is 2.50 bits per heavy atom. The number of aryl methyl sites for hydroxylation is 1. The van der Waals surface area contributed by atoms with Crippen LogP contribution in [0.2, 0.25) is 0 Å². The van der Waals surface area contributed by atoms with E-state index in [0.717, 1.165) is 17.3 Å². The van der Waals surface area contributed by atoms with Crippen LogP contribution in [0.15, 0.2) is 24.3 Å². The molecule has 0 spiro atoms. The molecule has 0 saturated carbocycles. The molecule has 0 N–H and O–H groups in total. The van der Waals surface area contributed by atoms with Crippen molar-refractivity contribution >= 4 is 12.7 Å². The predicted molar refractivity (Wildman–Crippen MR) is 60.6 cm³/mol. The smallest absolute Gasteiger partial charge is 0.232 e. The molecule has 0 radical (unpaired) electrons. The summed E-state index contributed by atoms with van der Waals surface area (Å²) in [6, 6.07) is 7.72. The summed E-state index contributed by atoms with van der Waals surface area (Å²) >= 11 is 0. The van der Waals surface area contributed by atoms with E-state index < -0.39 is 7.37 Å². The fourth-order valence-electron chi connectivity index (χ4n) is 1.55. The average molecular weight is 212 g/mol. The monoisotopic (exact) mass is 212 g/mol. The van der Waals surface area contributed by atoms with Crippen molar-refractivity contribution in [2.45, 2.75) is 20.3 Å². The summed E-state index contributed by atoms with van der Waals surface area (Å²) in [5.74, 6) is 0. The molecule has 1 aromatic rings. The molecule has 0 aromatic heterocycles. The Labute approximate surface area is 85.7 Å². The van der Waals surface area contributed by atoms with Gasteiger partial charge in [-0.3, -0.25) is 4.57 Å². The van der Waals surface area contributed by atoms with Crippen LogP contribution in [0.5, 0.6) is 0 Å². The Hall–Kier alpha value is -0.590. The van der Waals surface area contributed by atoms with Gasteiger partial charge in [-0.15, -0.1) is 0 Å². The first kappa shape index (κ1) is 11.5. The number of benzene rings is 1. The second-order valence-electron chi connectivity index (χ2n) is 3.37. The summed E-state index contributed by atoms with van der Waals surface area (Å²) in [5.41, 5.74) is 1.05.